The van der Waals surface area contributed by atoms with Gasteiger partial charge in [-0.1, -0.05) is 23.9 Å². The van der Waals surface area contributed by atoms with Crippen LogP contribution in [0.15, 0.2) is 41.7 Å². The van der Waals surface area contributed by atoms with Crippen LogP contribution < -0.4 is 0 Å². The number of thioether (sulfide) groups is 1. The van der Waals surface area contributed by atoms with E-state index >= 15 is 0 Å². The van der Waals surface area contributed by atoms with Crippen molar-refractivity contribution in [1.29, 1.82) is 0 Å². The van der Waals surface area contributed by atoms with Gasteiger partial charge >= 0.3 is 12.7 Å². The molecule has 126 valence electrons. The van der Waals surface area contributed by atoms with Gasteiger partial charge in [-0.05, 0) is 18.2 Å². The summed E-state index contributed by atoms with van der Waals surface area (Å²) in [4.78, 5) is 11.2. The van der Waals surface area contributed by atoms with Crippen LogP contribution in [0.5, 0.6) is 0 Å². The van der Waals surface area contributed by atoms with E-state index in [0.29, 0.717) is 5.52 Å². The van der Waals surface area contributed by atoms with Crippen LogP contribution in [0.3, 0.4) is 0 Å². The Labute approximate surface area is 136 Å². The summed E-state index contributed by atoms with van der Waals surface area (Å²) in [6.07, 6.45) is -3.61. The maximum atomic E-state index is 13.3. The molecular weight excluding hydrogens is 351 g/mol. The number of alkyl halides is 5. The fourth-order valence-corrected chi connectivity index (χ4v) is 2.87. The van der Waals surface area contributed by atoms with Crippen LogP contribution in [0.2, 0.25) is 0 Å². The first-order valence-electron chi connectivity index (χ1n) is 6.63. The van der Waals surface area contributed by atoms with Crippen LogP contribution in [0.4, 0.5) is 22.0 Å². The van der Waals surface area contributed by atoms with E-state index in [1.165, 1.54) is 6.07 Å². The van der Waals surface area contributed by atoms with Crippen molar-refractivity contribution in [3.63, 3.8) is 0 Å². The molecule has 0 saturated heterocycles. The van der Waals surface area contributed by atoms with Gasteiger partial charge in [0.1, 0.15) is 11.5 Å². The SMILES string of the molecule is FC(F)n1c(CSc2nccc(C(F)(F)F)n2)nc2ccccc21. The number of benzene rings is 1. The number of nitrogens with zero attached hydrogens (tertiary/aromatic N) is 4. The molecule has 2 heterocycles. The van der Waals surface area contributed by atoms with Gasteiger partial charge in [0, 0.05) is 6.20 Å². The molecule has 1 aromatic carbocycles. The molecule has 2 aromatic heterocycles. The van der Waals surface area contributed by atoms with Gasteiger partial charge in [-0.2, -0.15) is 22.0 Å². The third kappa shape index (κ3) is 3.32. The lowest BCUT2D eigenvalue weighted by molar-refractivity contribution is -0.141. The first-order valence-corrected chi connectivity index (χ1v) is 7.62. The molecule has 10 heteroatoms. The van der Waals surface area contributed by atoms with Crippen molar-refractivity contribution in [2.45, 2.75) is 23.6 Å². The molecule has 4 nitrogen and oxygen atoms in total. The number of aromatic nitrogens is 4. The van der Waals surface area contributed by atoms with Crippen LogP contribution in [-0.2, 0) is 11.9 Å². The number of hydrogen-bond donors (Lipinski definition) is 0. The van der Waals surface area contributed by atoms with Gasteiger partial charge in [0.05, 0.1) is 16.8 Å². The summed E-state index contributed by atoms with van der Waals surface area (Å²) in [5.74, 6) is -0.0439. The summed E-state index contributed by atoms with van der Waals surface area (Å²) in [5.41, 5.74) is -0.436. The highest BCUT2D eigenvalue weighted by Crippen LogP contribution is 2.30. The summed E-state index contributed by atoms with van der Waals surface area (Å²) in [7, 11) is 0. The van der Waals surface area contributed by atoms with Gasteiger partial charge in [0.2, 0.25) is 0 Å². The van der Waals surface area contributed by atoms with Crippen molar-refractivity contribution in [3.05, 3.63) is 48.0 Å². The molecule has 0 atom stereocenters. The first-order chi connectivity index (χ1) is 11.4. The Hall–Kier alpha value is -2.23. The lowest BCUT2D eigenvalue weighted by Crippen LogP contribution is -2.09. The van der Waals surface area contributed by atoms with Crippen LogP contribution in [0.25, 0.3) is 11.0 Å². The minimum absolute atomic E-state index is 0.0391. The molecule has 0 fully saturated rings. The van der Waals surface area contributed by atoms with Crippen LogP contribution in [0, 0.1) is 0 Å². The Morgan fingerprint density at radius 1 is 1.08 bits per heavy atom. The second kappa shape index (κ2) is 6.34. The number of rotatable bonds is 4. The molecule has 0 aliphatic carbocycles. The third-order valence-corrected chi connectivity index (χ3v) is 3.98. The Bertz CT molecular complexity index is 862. The van der Waals surface area contributed by atoms with E-state index in [-0.39, 0.29) is 22.3 Å². The molecule has 0 amide bonds. The number of imidazole rings is 1. The van der Waals surface area contributed by atoms with E-state index in [2.05, 4.69) is 15.0 Å². The van der Waals surface area contributed by atoms with Crippen molar-refractivity contribution in [2.75, 3.05) is 0 Å². The minimum atomic E-state index is -4.59. The van der Waals surface area contributed by atoms with Gasteiger partial charge < -0.3 is 0 Å². The van der Waals surface area contributed by atoms with Crippen LogP contribution in [0.1, 0.15) is 18.1 Å². The lowest BCUT2D eigenvalue weighted by Gasteiger charge is -2.08. The van der Waals surface area contributed by atoms with E-state index < -0.39 is 18.4 Å². The van der Waals surface area contributed by atoms with Crippen molar-refractivity contribution in [1.82, 2.24) is 19.5 Å². The lowest BCUT2D eigenvalue weighted by atomic mass is 10.3. The molecule has 3 aromatic rings. The molecule has 3 rings (SSSR count). The molecule has 24 heavy (non-hydrogen) atoms. The zero-order valence-corrected chi connectivity index (χ0v) is 12.7. The monoisotopic (exact) mass is 360 g/mol. The van der Waals surface area contributed by atoms with Crippen LogP contribution in [-0.4, -0.2) is 19.5 Å². The summed E-state index contributed by atoms with van der Waals surface area (Å²) < 4.78 is 65.2. The summed E-state index contributed by atoms with van der Waals surface area (Å²) in [5, 5.41) is -0.155. The average Bonchev–Trinajstić information content (AvgIpc) is 2.91. The number of hydrogen-bond acceptors (Lipinski definition) is 4. The van der Waals surface area contributed by atoms with E-state index in [0.717, 1.165) is 28.6 Å². The number of para-hydroxylation sites is 2. The number of halogens is 5. The second-order valence-electron chi connectivity index (χ2n) is 4.68. The summed E-state index contributed by atoms with van der Waals surface area (Å²) in [6.45, 7) is -2.81. The quantitative estimate of drug-likeness (QED) is 0.389. The predicted octanol–water partition coefficient (Wildman–Crippen LogP) is 4.53. The average molecular weight is 360 g/mol. The Kier molecular flexibility index (Phi) is 4.39. The van der Waals surface area contributed by atoms with Gasteiger partial charge in [0.15, 0.2) is 5.16 Å². The summed E-state index contributed by atoms with van der Waals surface area (Å²) >= 11 is 0.812. The van der Waals surface area contributed by atoms with Crippen molar-refractivity contribution < 1.29 is 22.0 Å². The Morgan fingerprint density at radius 3 is 2.54 bits per heavy atom. The van der Waals surface area contributed by atoms with Gasteiger partial charge in [-0.25, -0.2) is 15.0 Å². The highest BCUT2D eigenvalue weighted by Gasteiger charge is 2.32. The Morgan fingerprint density at radius 2 is 1.83 bits per heavy atom. The zero-order chi connectivity index (χ0) is 17.3. The predicted molar refractivity (Wildman–Crippen MR) is 77.6 cm³/mol. The molecule has 0 aliphatic rings. The smallest absolute Gasteiger partial charge is 0.269 e. The summed E-state index contributed by atoms with van der Waals surface area (Å²) in [6, 6.07) is 7.11. The molecular formula is C14H9F5N4S. The zero-order valence-electron chi connectivity index (χ0n) is 11.8. The van der Waals surface area contributed by atoms with Crippen molar-refractivity contribution >= 4 is 22.8 Å². The van der Waals surface area contributed by atoms with E-state index in [1.54, 1.807) is 18.2 Å². The van der Waals surface area contributed by atoms with E-state index in [4.69, 9.17) is 0 Å². The first kappa shape index (κ1) is 16.6. The fourth-order valence-electron chi connectivity index (χ4n) is 2.11. The highest BCUT2D eigenvalue weighted by molar-refractivity contribution is 7.98. The minimum Gasteiger partial charge on any atom is -0.269 e. The molecule has 0 saturated carbocycles. The van der Waals surface area contributed by atoms with Crippen molar-refractivity contribution in [3.8, 4) is 0 Å². The maximum Gasteiger partial charge on any atom is 0.433 e. The second-order valence-corrected chi connectivity index (χ2v) is 5.62. The van der Waals surface area contributed by atoms with Gasteiger partial charge in [0.25, 0.3) is 0 Å². The Balaban J connectivity index is 1.87. The molecule has 0 radical (unpaired) electrons. The standard InChI is InChI=1S/C14H9F5N4S/c15-12(16)23-9-4-2-1-3-8(9)21-11(23)7-24-13-20-6-5-10(22-13)14(17,18)19/h1-6,12H,7H2. The number of fused-ring (bicyclic) bond motifs is 1. The molecule has 0 aliphatic heterocycles. The normalized spacial score (nSPS) is 12.2. The molecule has 0 unspecified atom stereocenters. The van der Waals surface area contributed by atoms with Crippen LogP contribution >= 0.6 is 11.8 Å². The third-order valence-electron chi connectivity index (χ3n) is 3.12. The van der Waals surface area contributed by atoms with E-state index in [1.807, 2.05) is 0 Å². The van der Waals surface area contributed by atoms with Gasteiger partial charge in [-0.3, -0.25) is 4.57 Å². The van der Waals surface area contributed by atoms with Crippen molar-refractivity contribution in [2.24, 2.45) is 0 Å². The molecule has 0 bridgehead atoms. The maximum absolute atomic E-state index is 13.3. The molecule has 0 spiro atoms. The largest absolute Gasteiger partial charge is 0.433 e. The molecule has 0 N–H and O–H groups in total. The fraction of sp³-hybridized carbons (Fsp3) is 0.214. The highest BCUT2D eigenvalue weighted by atomic mass is 32.2. The van der Waals surface area contributed by atoms with Gasteiger partial charge in [-0.15, -0.1) is 0 Å². The van der Waals surface area contributed by atoms with E-state index in [9.17, 15) is 22.0 Å². The topological polar surface area (TPSA) is 43.6 Å².